The van der Waals surface area contributed by atoms with Gasteiger partial charge in [-0.25, -0.2) is 0 Å². The predicted octanol–water partition coefficient (Wildman–Crippen LogP) is 2.77. The minimum absolute atomic E-state index is 0.0802. The Morgan fingerprint density at radius 3 is 2.73 bits per heavy atom. The molecule has 3 heteroatoms. The molecule has 0 saturated heterocycles. The van der Waals surface area contributed by atoms with Crippen molar-refractivity contribution < 1.29 is 9.15 Å². The Bertz CT molecular complexity index is 486. The molecular weight excluding hydrogens is 190 g/mol. The lowest BCUT2D eigenvalue weighted by Gasteiger charge is -2.00. The quantitative estimate of drug-likeness (QED) is 0.820. The van der Waals surface area contributed by atoms with Crippen LogP contribution >= 0.6 is 0 Å². The van der Waals surface area contributed by atoms with Crippen molar-refractivity contribution in [3.63, 3.8) is 0 Å². The third kappa shape index (κ3) is 1.59. The molecule has 0 aliphatic heterocycles. The van der Waals surface area contributed by atoms with Crippen molar-refractivity contribution in [2.75, 3.05) is 7.11 Å². The standard InChI is InChI=1S/C12H15NO2/c1-7-10-5-4-9(14-3)6-11(10)15-12(7)8(2)13/h4-6,8H,13H2,1-3H3. The lowest BCUT2D eigenvalue weighted by Crippen LogP contribution is -2.04. The van der Waals surface area contributed by atoms with Gasteiger partial charge >= 0.3 is 0 Å². The first kappa shape index (κ1) is 10.1. The van der Waals surface area contributed by atoms with Crippen molar-refractivity contribution >= 4 is 11.0 Å². The summed E-state index contributed by atoms with van der Waals surface area (Å²) in [5.74, 6) is 1.64. The first-order valence-corrected chi connectivity index (χ1v) is 4.96. The summed E-state index contributed by atoms with van der Waals surface area (Å²) < 4.78 is 10.8. The van der Waals surface area contributed by atoms with Crippen LogP contribution in [0.2, 0.25) is 0 Å². The Morgan fingerprint density at radius 1 is 1.40 bits per heavy atom. The maximum atomic E-state index is 5.82. The number of fused-ring (bicyclic) bond motifs is 1. The summed E-state index contributed by atoms with van der Waals surface area (Å²) in [7, 11) is 1.64. The predicted molar refractivity (Wildman–Crippen MR) is 60.1 cm³/mol. The fourth-order valence-corrected chi connectivity index (χ4v) is 1.79. The molecule has 0 bridgehead atoms. The Morgan fingerprint density at radius 2 is 2.13 bits per heavy atom. The summed E-state index contributed by atoms with van der Waals surface area (Å²) in [6.07, 6.45) is 0. The number of rotatable bonds is 2. The number of methoxy groups -OCH3 is 1. The summed E-state index contributed by atoms with van der Waals surface area (Å²) in [5, 5.41) is 1.10. The molecule has 0 fully saturated rings. The Kier molecular flexibility index (Phi) is 2.40. The molecule has 80 valence electrons. The number of hydrogen-bond donors (Lipinski definition) is 1. The minimum Gasteiger partial charge on any atom is -0.497 e. The Balaban J connectivity index is 2.65. The van der Waals surface area contributed by atoms with E-state index in [0.29, 0.717) is 0 Å². The number of hydrogen-bond acceptors (Lipinski definition) is 3. The monoisotopic (exact) mass is 205 g/mol. The van der Waals surface area contributed by atoms with E-state index in [4.69, 9.17) is 14.9 Å². The van der Waals surface area contributed by atoms with Crippen LogP contribution in [-0.2, 0) is 0 Å². The van der Waals surface area contributed by atoms with Gasteiger partial charge in [-0.2, -0.15) is 0 Å². The molecule has 1 aromatic carbocycles. The third-order valence-corrected chi connectivity index (χ3v) is 2.60. The molecule has 2 rings (SSSR count). The molecule has 15 heavy (non-hydrogen) atoms. The van der Waals surface area contributed by atoms with E-state index in [1.165, 1.54) is 0 Å². The van der Waals surface area contributed by atoms with Crippen molar-refractivity contribution in [1.82, 2.24) is 0 Å². The van der Waals surface area contributed by atoms with Gasteiger partial charge in [0.25, 0.3) is 0 Å². The molecule has 1 heterocycles. The van der Waals surface area contributed by atoms with Crippen LogP contribution in [0.15, 0.2) is 22.6 Å². The summed E-state index contributed by atoms with van der Waals surface area (Å²) in [6.45, 7) is 3.94. The van der Waals surface area contributed by atoms with Crippen molar-refractivity contribution in [1.29, 1.82) is 0 Å². The zero-order valence-electron chi connectivity index (χ0n) is 9.20. The van der Waals surface area contributed by atoms with E-state index in [2.05, 4.69) is 0 Å². The number of benzene rings is 1. The fourth-order valence-electron chi connectivity index (χ4n) is 1.79. The van der Waals surface area contributed by atoms with Gasteiger partial charge in [0, 0.05) is 11.5 Å². The molecule has 1 unspecified atom stereocenters. The topological polar surface area (TPSA) is 48.4 Å². The highest BCUT2D eigenvalue weighted by Crippen LogP contribution is 2.30. The molecule has 0 aliphatic rings. The Hall–Kier alpha value is -1.48. The maximum absolute atomic E-state index is 5.82. The van der Waals surface area contributed by atoms with Crippen molar-refractivity contribution in [3.8, 4) is 5.75 Å². The Labute approximate surface area is 88.8 Å². The van der Waals surface area contributed by atoms with Gasteiger partial charge in [-0.1, -0.05) is 0 Å². The van der Waals surface area contributed by atoms with E-state index >= 15 is 0 Å². The van der Waals surface area contributed by atoms with E-state index in [9.17, 15) is 0 Å². The number of aryl methyl sites for hydroxylation is 1. The average Bonchev–Trinajstić information content (AvgIpc) is 2.55. The van der Waals surface area contributed by atoms with Crippen LogP contribution in [0.1, 0.15) is 24.3 Å². The van der Waals surface area contributed by atoms with E-state index in [1.807, 2.05) is 32.0 Å². The van der Waals surface area contributed by atoms with Crippen LogP contribution in [0, 0.1) is 6.92 Å². The highest BCUT2D eigenvalue weighted by atomic mass is 16.5. The van der Waals surface area contributed by atoms with Crippen LogP contribution in [0.5, 0.6) is 5.75 Å². The fraction of sp³-hybridized carbons (Fsp3) is 0.333. The van der Waals surface area contributed by atoms with E-state index in [0.717, 1.165) is 28.0 Å². The van der Waals surface area contributed by atoms with E-state index in [-0.39, 0.29) is 6.04 Å². The second-order valence-electron chi connectivity index (χ2n) is 3.74. The van der Waals surface area contributed by atoms with Gasteiger partial charge in [-0.3, -0.25) is 0 Å². The summed E-state index contributed by atoms with van der Waals surface area (Å²) in [4.78, 5) is 0. The van der Waals surface area contributed by atoms with Gasteiger partial charge in [0.05, 0.1) is 13.2 Å². The van der Waals surface area contributed by atoms with Gasteiger partial charge < -0.3 is 14.9 Å². The van der Waals surface area contributed by atoms with Crippen LogP contribution in [0.3, 0.4) is 0 Å². The van der Waals surface area contributed by atoms with Gasteiger partial charge in [-0.15, -0.1) is 0 Å². The molecule has 3 nitrogen and oxygen atoms in total. The van der Waals surface area contributed by atoms with Gasteiger partial charge in [0.2, 0.25) is 0 Å². The highest BCUT2D eigenvalue weighted by molar-refractivity contribution is 5.83. The normalized spacial score (nSPS) is 13.1. The van der Waals surface area contributed by atoms with E-state index in [1.54, 1.807) is 7.11 Å². The second kappa shape index (κ2) is 3.59. The molecule has 2 N–H and O–H groups in total. The minimum atomic E-state index is -0.0802. The smallest absolute Gasteiger partial charge is 0.138 e. The van der Waals surface area contributed by atoms with Crippen LogP contribution < -0.4 is 10.5 Å². The largest absolute Gasteiger partial charge is 0.497 e. The lowest BCUT2D eigenvalue weighted by molar-refractivity contribution is 0.414. The van der Waals surface area contributed by atoms with Crippen molar-refractivity contribution in [2.45, 2.75) is 19.9 Å². The van der Waals surface area contributed by atoms with E-state index < -0.39 is 0 Å². The second-order valence-corrected chi connectivity index (χ2v) is 3.74. The van der Waals surface area contributed by atoms with Crippen LogP contribution in [0.25, 0.3) is 11.0 Å². The van der Waals surface area contributed by atoms with Crippen LogP contribution in [-0.4, -0.2) is 7.11 Å². The molecular formula is C12H15NO2. The zero-order valence-corrected chi connectivity index (χ0v) is 9.20. The molecule has 0 radical (unpaired) electrons. The molecule has 1 aromatic heterocycles. The van der Waals surface area contributed by atoms with Crippen molar-refractivity contribution in [2.24, 2.45) is 5.73 Å². The number of nitrogens with two attached hydrogens (primary N) is 1. The first-order valence-electron chi connectivity index (χ1n) is 4.96. The SMILES string of the molecule is COc1ccc2c(C)c(C(C)N)oc2c1. The number of furan rings is 1. The molecule has 0 aliphatic carbocycles. The average molecular weight is 205 g/mol. The maximum Gasteiger partial charge on any atom is 0.138 e. The van der Waals surface area contributed by atoms with Gasteiger partial charge in [0.15, 0.2) is 0 Å². The van der Waals surface area contributed by atoms with Crippen LogP contribution in [0.4, 0.5) is 0 Å². The summed E-state index contributed by atoms with van der Waals surface area (Å²) in [5.41, 5.74) is 7.77. The molecule has 2 aromatic rings. The van der Waals surface area contributed by atoms with Crippen molar-refractivity contribution in [3.05, 3.63) is 29.5 Å². The highest BCUT2D eigenvalue weighted by Gasteiger charge is 2.13. The zero-order chi connectivity index (χ0) is 11.0. The lowest BCUT2D eigenvalue weighted by atomic mass is 10.1. The molecule has 0 spiro atoms. The molecule has 0 amide bonds. The molecule has 0 saturated carbocycles. The number of ether oxygens (including phenoxy) is 1. The summed E-state index contributed by atoms with van der Waals surface area (Å²) in [6, 6.07) is 5.73. The summed E-state index contributed by atoms with van der Waals surface area (Å²) >= 11 is 0. The van der Waals surface area contributed by atoms with Gasteiger partial charge in [0.1, 0.15) is 17.1 Å². The van der Waals surface area contributed by atoms with Gasteiger partial charge in [-0.05, 0) is 31.5 Å². The first-order chi connectivity index (χ1) is 7.13. The third-order valence-electron chi connectivity index (χ3n) is 2.60. The molecule has 1 atom stereocenters.